The predicted molar refractivity (Wildman–Crippen MR) is 89.3 cm³/mol. The zero-order chi connectivity index (χ0) is 15.9. The fourth-order valence-corrected chi connectivity index (χ4v) is 2.32. The van der Waals surface area contributed by atoms with Gasteiger partial charge in [-0.3, -0.25) is 4.79 Å². The molecule has 1 atom stereocenters. The van der Waals surface area contributed by atoms with Crippen molar-refractivity contribution in [3.63, 3.8) is 0 Å². The van der Waals surface area contributed by atoms with E-state index in [2.05, 4.69) is 5.32 Å². The summed E-state index contributed by atoms with van der Waals surface area (Å²) in [7, 11) is 1.64. The molecule has 0 aromatic heterocycles. The van der Waals surface area contributed by atoms with Gasteiger partial charge in [-0.05, 0) is 48.7 Å². The minimum Gasteiger partial charge on any atom is -0.497 e. The summed E-state index contributed by atoms with van der Waals surface area (Å²) < 4.78 is 5.13. The van der Waals surface area contributed by atoms with Gasteiger partial charge in [0.2, 0.25) is 5.91 Å². The Morgan fingerprint density at radius 2 is 1.77 bits per heavy atom. The predicted octanol–water partition coefficient (Wildman–Crippen LogP) is 4.16. The second kappa shape index (κ2) is 7.85. The summed E-state index contributed by atoms with van der Waals surface area (Å²) in [6.07, 6.45) is 1.17. The monoisotopic (exact) mass is 317 g/mol. The van der Waals surface area contributed by atoms with E-state index >= 15 is 0 Å². The lowest BCUT2D eigenvalue weighted by Crippen LogP contribution is -2.26. The van der Waals surface area contributed by atoms with Gasteiger partial charge in [-0.25, -0.2) is 0 Å². The normalized spacial score (nSPS) is 11.8. The van der Waals surface area contributed by atoms with Gasteiger partial charge in [0.25, 0.3) is 0 Å². The third-order valence-corrected chi connectivity index (χ3v) is 3.80. The summed E-state index contributed by atoms with van der Waals surface area (Å²) in [4.78, 5) is 12.0. The van der Waals surface area contributed by atoms with Crippen LogP contribution >= 0.6 is 11.6 Å². The lowest BCUT2D eigenvalue weighted by atomic mass is 10.1. The van der Waals surface area contributed by atoms with Crippen molar-refractivity contribution >= 4 is 17.5 Å². The van der Waals surface area contributed by atoms with Crippen molar-refractivity contribution in [2.24, 2.45) is 0 Å². The van der Waals surface area contributed by atoms with Crippen molar-refractivity contribution in [1.82, 2.24) is 5.32 Å². The van der Waals surface area contributed by atoms with E-state index in [9.17, 15) is 4.79 Å². The number of hydrogen-bond donors (Lipinski definition) is 1. The van der Waals surface area contributed by atoms with Crippen LogP contribution in [-0.2, 0) is 11.2 Å². The molecule has 2 aromatic rings. The van der Waals surface area contributed by atoms with E-state index in [1.807, 2.05) is 55.5 Å². The summed E-state index contributed by atoms with van der Waals surface area (Å²) in [5.74, 6) is 0.850. The van der Waals surface area contributed by atoms with Crippen molar-refractivity contribution in [3.05, 3.63) is 64.7 Å². The van der Waals surface area contributed by atoms with Crippen LogP contribution in [0.1, 0.15) is 30.5 Å². The van der Waals surface area contributed by atoms with Gasteiger partial charge >= 0.3 is 0 Å². The number of aryl methyl sites for hydroxylation is 1. The van der Waals surface area contributed by atoms with Gasteiger partial charge in [-0.1, -0.05) is 35.9 Å². The first-order chi connectivity index (χ1) is 10.6. The first kappa shape index (κ1) is 16.4. The van der Waals surface area contributed by atoms with Gasteiger partial charge in [0, 0.05) is 11.4 Å². The zero-order valence-corrected chi connectivity index (χ0v) is 13.6. The van der Waals surface area contributed by atoms with Gasteiger partial charge in [-0.15, -0.1) is 0 Å². The van der Waals surface area contributed by atoms with Crippen molar-refractivity contribution in [1.29, 1.82) is 0 Å². The van der Waals surface area contributed by atoms with Crippen molar-refractivity contribution in [2.45, 2.75) is 25.8 Å². The molecule has 0 aliphatic heterocycles. The quantitative estimate of drug-likeness (QED) is 0.868. The molecular weight excluding hydrogens is 298 g/mol. The molecule has 1 amide bonds. The van der Waals surface area contributed by atoms with Gasteiger partial charge in [-0.2, -0.15) is 0 Å². The highest BCUT2D eigenvalue weighted by Crippen LogP contribution is 2.17. The summed E-state index contributed by atoms with van der Waals surface area (Å²) in [6.45, 7) is 1.97. The molecule has 0 aliphatic rings. The van der Waals surface area contributed by atoms with Gasteiger partial charge in [0.05, 0.1) is 13.2 Å². The summed E-state index contributed by atoms with van der Waals surface area (Å²) in [5, 5.41) is 3.72. The average molecular weight is 318 g/mol. The minimum atomic E-state index is -0.0244. The number of amides is 1. The Hall–Kier alpha value is -2.00. The molecule has 0 bridgehead atoms. The van der Waals surface area contributed by atoms with Crippen LogP contribution in [0.2, 0.25) is 5.02 Å². The fraction of sp³-hybridized carbons (Fsp3) is 0.278. The highest BCUT2D eigenvalue weighted by atomic mass is 35.5. The van der Waals surface area contributed by atoms with Crippen LogP contribution in [0.5, 0.6) is 5.75 Å². The summed E-state index contributed by atoms with van der Waals surface area (Å²) in [6, 6.07) is 15.3. The Balaban J connectivity index is 1.83. The highest BCUT2D eigenvalue weighted by Gasteiger charge is 2.09. The Morgan fingerprint density at radius 3 is 2.36 bits per heavy atom. The average Bonchev–Trinajstić information content (AvgIpc) is 2.54. The van der Waals surface area contributed by atoms with E-state index in [4.69, 9.17) is 16.3 Å². The number of benzene rings is 2. The maximum atomic E-state index is 12.0. The first-order valence-electron chi connectivity index (χ1n) is 7.26. The SMILES string of the molecule is COc1ccc([C@@H](C)NC(=O)CCc2ccc(Cl)cc2)cc1. The molecule has 0 radical (unpaired) electrons. The van der Waals surface area contributed by atoms with Crippen molar-refractivity contribution in [3.8, 4) is 5.75 Å². The maximum absolute atomic E-state index is 12.0. The van der Waals surface area contributed by atoms with Gasteiger partial charge in [0.15, 0.2) is 0 Å². The Bertz CT molecular complexity index is 608. The lowest BCUT2D eigenvalue weighted by molar-refractivity contribution is -0.121. The minimum absolute atomic E-state index is 0.0244. The van der Waals surface area contributed by atoms with Crippen LogP contribution in [0.3, 0.4) is 0 Å². The molecule has 0 aliphatic carbocycles. The van der Waals surface area contributed by atoms with E-state index in [1.54, 1.807) is 7.11 Å². The largest absolute Gasteiger partial charge is 0.497 e. The lowest BCUT2D eigenvalue weighted by Gasteiger charge is -2.15. The zero-order valence-electron chi connectivity index (χ0n) is 12.8. The third kappa shape index (κ3) is 4.78. The number of ether oxygens (including phenoxy) is 1. The van der Waals surface area contributed by atoms with E-state index < -0.39 is 0 Å². The molecule has 2 rings (SSSR count). The highest BCUT2D eigenvalue weighted by molar-refractivity contribution is 6.30. The Labute approximate surface area is 136 Å². The molecule has 0 spiro atoms. The molecule has 0 heterocycles. The van der Waals surface area contributed by atoms with E-state index in [-0.39, 0.29) is 11.9 Å². The molecule has 0 saturated heterocycles. The molecule has 0 fully saturated rings. The number of carbonyl (C=O) groups is 1. The fourth-order valence-electron chi connectivity index (χ4n) is 2.20. The van der Waals surface area contributed by atoms with Crippen LogP contribution in [0.25, 0.3) is 0 Å². The maximum Gasteiger partial charge on any atom is 0.220 e. The van der Waals surface area contributed by atoms with Crippen LogP contribution in [0.4, 0.5) is 0 Å². The Morgan fingerprint density at radius 1 is 1.14 bits per heavy atom. The number of nitrogens with one attached hydrogen (secondary N) is 1. The van der Waals surface area contributed by atoms with Gasteiger partial charge < -0.3 is 10.1 Å². The molecule has 22 heavy (non-hydrogen) atoms. The van der Waals surface area contributed by atoms with E-state index in [0.29, 0.717) is 17.9 Å². The van der Waals surface area contributed by atoms with Crippen LogP contribution < -0.4 is 10.1 Å². The molecule has 116 valence electrons. The van der Waals surface area contributed by atoms with Gasteiger partial charge in [0.1, 0.15) is 5.75 Å². The van der Waals surface area contributed by atoms with Crippen LogP contribution in [0, 0.1) is 0 Å². The van der Waals surface area contributed by atoms with Crippen LogP contribution in [0.15, 0.2) is 48.5 Å². The second-order valence-electron chi connectivity index (χ2n) is 5.19. The second-order valence-corrected chi connectivity index (χ2v) is 5.63. The number of methoxy groups -OCH3 is 1. The molecule has 0 saturated carbocycles. The molecule has 1 N–H and O–H groups in total. The van der Waals surface area contributed by atoms with Crippen molar-refractivity contribution < 1.29 is 9.53 Å². The summed E-state index contributed by atoms with van der Waals surface area (Å²) in [5.41, 5.74) is 2.16. The third-order valence-electron chi connectivity index (χ3n) is 3.55. The molecule has 3 nitrogen and oxygen atoms in total. The molecular formula is C18H20ClNO2. The molecule has 0 unspecified atom stereocenters. The topological polar surface area (TPSA) is 38.3 Å². The smallest absolute Gasteiger partial charge is 0.220 e. The Kier molecular flexibility index (Phi) is 5.84. The van der Waals surface area contributed by atoms with Crippen LogP contribution in [-0.4, -0.2) is 13.0 Å². The first-order valence-corrected chi connectivity index (χ1v) is 7.64. The molecule has 2 aromatic carbocycles. The molecule has 4 heteroatoms. The number of halogens is 1. The number of rotatable bonds is 6. The van der Waals surface area contributed by atoms with E-state index in [0.717, 1.165) is 16.9 Å². The van der Waals surface area contributed by atoms with Crippen molar-refractivity contribution in [2.75, 3.05) is 7.11 Å². The standard InChI is InChI=1S/C18H20ClNO2/c1-13(15-6-10-17(22-2)11-7-15)20-18(21)12-5-14-3-8-16(19)9-4-14/h3-4,6-11,13H,5,12H2,1-2H3,(H,20,21)/t13-/m1/s1. The number of hydrogen-bond acceptors (Lipinski definition) is 2. The van der Waals surface area contributed by atoms with E-state index in [1.165, 1.54) is 0 Å². The summed E-state index contributed by atoms with van der Waals surface area (Å²) >= 11 is 5.84. The number of carbonyl (C=O) groups excluding carboxylic acids is 1.